The zero-order valence-electron chi connectivity index (χ0n) is 17.0. The molecule has 0 spiro atoms. The Hall–Kier alpha value is -2.21. The SMILES string of the molecule is C/C(=N\N(C(N)=S)c1ccccc1)[C@H]1[C@@H]2CC[C@@H](C2)[C@@H]1C/C=C/CCCC(=O)O. The van der Waals surface area contributed by atoms with Crippen LogP contribution in [0.3, 0.4) is 0 Å². The molecule has 156 valence electrons. The summed E-state index contributed by atoms with van der Waals surface area (Å²) in [6.07, 6.45) is 11.1. The zero-order chi connectivity index (χ0) is 20.8. The highest BCUT2D eigenvalue weighted by Gasteiger charge is 2.48. The molecule has 2 aliphatic carbocycles. The van der Waals surface area contributed by atoms with Gasteiger partial charge >= 0.3 is 5.97 Å². The molecule has 1 aromatic rings. The molecule has 2 fully saturated rings. The Kier molecular flexibility index (Phi) is 7.42. The fraction of sp³-hybridized carbons (Fsp3) is 0.522. The van der Waals surface area contributed by atoms with Crippen molar-refractivity contribution < 1.29 is 9.90 Å². The Morgan fingerprint density at radius 3 is 2.69 bits per heavy atom. The van der Waals surface area contributed by atoms with Gasteiger partial charge in [-0.1, -0.05) is 30.4 Å². The number of carbonyl (C=O) groups is 1. The molecule has 3 N–H and O–H groups in total. The fourth-order valence-electron chi connectivity index (χ4n) is 5.17. The second-order valence-electron chi connectivity index (χ2n) is 8.24. The Morgan fingerprint density at radius 1 is 1.28 bits per heavy atom. The number of allylic oxidation sites excluding steroid dienone is 2. The van der Waals surface area contributed by atoms with Gasteiger partial charge in [0.25, 0.3) is 0 Å². The minimum absolute atomic E-state index is 0.237. The lowest BCUT2D eigenvalue weighted by molar-refractivity contribution is -0.137. The number of carboxylic acids is 1. The lowest BCUT2D eigenvalue weighted by Crippen LogP contribution is -2.35. The van der Waals surface area contributed by atoms with E-state index in [0.717, 1.165) is 30.2 Å². The number of hydrogen-bond donors (Lipinski definition) is 2. The van der Waals surface area contributed by atoms with Crippen molar-refractivity contribution in [3.8, 4) is 0 Å². The molecule has 0 radical (unpaired) electrons. The van der Waals surface area contributed by atoms with Gasteiger partial charge in [0, 0.05) is 18.1 Å². The van der Waals surface area contributed by atoms with E-state index in [4.69, 9.17) is 28.2 Å². The van der Waals surface area contributed by atoms with Crippen LogP contribution in [0.2, 0.25) is 0 Å². The summed E-state index contributed by atoms with van der Waals surface area (Å²) in [5.41, 5.74) is 7.97. The van der Waals surface area contributed by atoms with E-state index in [0.29, 0.717) is 24.2 Å². The molecular weight excluding hydrogens is 382 g/mol. The van der Waals surface area contributed by atoms with E-state index >= 15 is 0 Å². The van der Waals surface area contributed by atoms with Gasteiger partial charge in [-0.3, -0.25) is 4.79 Å². The number of nitrogens with zero attached hydrogens (tertiary/aromatic N) is 2. The van der Waals surface area contributed by atoms with E-state index in [1.807, 2.05) is 30.3 Å². The summed E-state index contributed by atoms with van der Waals surface area (Å²) >= 11 is 5.26. The second-order valence-corrected chi connectivity index (χ2v) is 8.66. The van der Waals surface area contributed by atoms with Crippen molar-refractivity contribution in [3.05, 3.63) is 42.5 Å². The zero-order valence-corrected chi connectivity index (χ0v) is 17.9. The molecule has 2 bridgehead atoms. The first-order valence-electron chi connectivity index (χ1n) is 10.5. The standard InChI is InChI=1S/C23H31N3O2S/c1-16(25-26(23(24)29)19-9-5-4-6-10-19)22-18-14-13-17(15-18)20(22)11-7-2-3-8-12-21(27)28/h2,4-7,9-10,17-18,20,22H,3,8,11-15H2,1H3,(H2,24,29)(H,27,28)/b7-2+,25-16+/t17-,18+,20-,22-/m0/s1. The molecular formula is C23H31N3O2S. The predicted octanol–water partition coefficient (Wildman–Crippen LogP) is 4.98. The number of fused-ring (bicyclic) bond motifs is 2. The molecule has 5 nitrogen and oxygen atoms in total. The lowest BCUT2D eigenvalue weighted by atomic mass is 9.75. The molecule has 2 saturated carbocycles. The highest BCUT2D eigenvalue weighted by Crippen LogP contribution is 2.54. The summed E-state index contributed by atoms with van der Waals surface area (Å²) in [5, 5.41) is 15.5. The summed E-state index contributed by atoms with van der Waals surface area (Å²) < 4.78 is 0. The number of nitrogens with two attached hydrogens (primary N) is 1. The number of para-hydroxylation sites is 1. The number of aliphatic carboxylic acids is 1. The number of benzene rings is 1. The molecule has 0 aromatic heterocycles. The predicted molar refractivity (Wildman–Crippen MR) is 122 cm³/mol. The molecule has 0 unspecified atom stereocenters. The Morgan fingerprint density at radius 2 is 2.00 bits per heavy atom. The number of hydrazone groups is 1. The van der Waals surface area contributed by atoms with Gasteiger partial charge in [-0.2, -0.15) is 5.10 Å². The molecule has 0 heterocycles. The van der Waals surface area contributed by atoms with Crippen LogP contribution in [0.4, 0.5) is 5.69 Å². The fourth-order valence-corrected chi connectivity index (χ4v) is 5.32. The maximum Gasteiger partial charge on any atom is 0.303 e. The molecule has 3 rings (SSSR count). The van der Waals surface area contributed by atoms with Crippen LogP contribution in [0.15, 0.2) is 47.6 Å². The van der Waals surface area contributed by atoms with Crippen LogP contribution in [0.25, 0.3) is 0 Å². The molecule has 1 aromatic carbocycles. The van der Waals surface area contributed by atoms with Crippen molar-refractivity contribution in [2.45, 2.75) is 51.9 Å². The average molecular weight is 414 g/mol. The number of anilines is 1. The third-order valence-corrected chi connectivity index (χ3v) is 6.55. The third kappa shape index (κ3) is 5.44. The summed E-state index contributed by atoms with van der Waals surface area (Å²) in [6.45, 7) is 2.11. The summed E-state index contributed by atoms with van der Waals surface area (Å²) in [5.74, 6) is 1.78. The van der Waals surface area contributed by atoms with Crippen molar-refractivity contribution in [2.75, 3.05) is 5.01 Å². The van der Waals surface area contributed by atoms with E-state index in [9.17, 15) is 4.79 Å². The lowest BCUT2D eigenvalue weighted by Gasteiger charge is -2.31. The first kappa shape index (κ1) is 21.5. The molecule has 0 aliphatic heterocycles. The largest absolute Gasteiger partial charge is 0.481 e. The molecule has 4 atom stereocenters. The van der Waals surface area contributed by atoms with Crippen LogP contribution in [0, 0.1) is 23.7 Å². The van der Waals surface area contributed by atoms with Crippen molar-refractivity contribution in [1.82, 2.24) is 0 Å². The number of hydrogen-bond acceptors (Lipinski definition) is 3. The molecule has 2 aliphatic rings. The molecule has 0 amide bonds. The van der Waals surface area contributed by atoms with Crippen LogP contribution in [0.5, 0.6) is 0 Å². The van der Waals surface area contributed by atoms with Gasteiger partial charge < -0.3 is 10.8 Å². The van der Waals surface area contributed by atoms with Gasteiger partial charge in [0.05, 0.1) is 5.69 Å². The Balaban J connectivity index is 1.69. The Labute approximate surface area is 178 Å². The first-order valence-corrected chi connectivity index (χ1v) is 10.9. The van der Waals surface area contributed by atoms with Crippen LogP contribution in [0.1, 0.15) is 51.9 Å². The summed E-state index contributed by atoms with van der Waals surface area (Å²) in [4.78, 5) is 10.6. The summed E-state index contributed by atoms with van der Waals surface area (Å²) in [6, 6.07) is 9.82. The third-order valence-electron chi connectivity index (χ3n) is 6.37. The molecule has 6 heteroatoms. The van der Waals surface area contributed by atoms with Gasteiger partial charge in [0.1, 0.15) is 0 Å². The highest BCUT2D eigenvalue weighted by molar-refractivity contribution is 7.80. The quantitative estimate of drug-likeness (QED) is 0.196. The average Bonchev–Trinajstić information content (AvgIpc) is 3.30. The normalized spacial score (nSPS) is 26.2. The minimum Gasteiger partial charge on any atom is -0.481 e. The monoisotopic (exact) mass is 413 g/mol. The number of carboxylic acid groups (broad SMARTS) is 1. The van der Waals surface area contributed by atoms with E-state index < -0.39 is 5.97 Å². The molecule has 29 heavy (non-hydrogen) atoms. The van der Waals surface area contributed by atoms with Crippen molar-refractivity contribution >= 4 is 34.7 Å². The number of thiocarbonyl (C=S) groups is 1. The van der Waals surface area contributed by atoms with E-state index in [-0.39, 0.29) is 11.5 Å². The van der Waals surface area contributed by atoms with Crippen molar-refractivity contribution in [3.63, 3.8) is 0 Å². The van der Waals surface area contributed by atoms with Crippen LogP contribution >= 0.6 is 12.2 Å². The van der Waals surface area contributed by atoms with Crippen molar-refractivity contribution in [2.24, 2.45) is 34.5 Å². The maximum absolute atomic E-state index is 10.6. The van der Waals surface area contributed by atoms with E-state index in [1.54, 1.807) is 5.01 Å². The van der Waals surface area contributed by atoms with Crippen LogP contribution < -0.4 is 10.7 Å². The van der Waals surface area contributed by atoms with Gasteiger partial charge in [0.2, 0.25) is 0 Å². The van der Waals surface area contributed by atoms with Gasteiger partial charge in [-0.05, 0) is 87.6 Å². The summed E-state index contributed by atoms with van der Waals surface area (Å²) in [7, 11) is 0. The highest BCUT2D eigenvalue weighted by atomic mass is 32.1. The minimum atomic E-state index is -0.723. The van der Waals surface area contributed by atoms with Gasteiger partial charge in [-0.15, -0.1) is 0 Å². The van der Waals surface area contributed by atoms with E-state index in [2.05, 4.69) is 19.1 Å². The van der Waals surface area contributed by atoms with Gasteiger partial charge in [-0.25, -0.2) is 5.01 Å². The Bertz CT molecular complexity index is 778. The second kappa shape index (κ2) is 10.0. The maximum atomic E-state index is 10.6. The topological polar surface area (TPSA) is 78.9 Å². The van der Waals surface area contributed by atoms with E-state index in [1.165, 1.54) is 19.3 Å². The number of unbranched alkanes of at least 4 members (excludes halogenated alkanes) is 1. The van der Waals surface area contributed by atoms with Crippen LogP contribution in [-0.2, 0) is 4.79 Å². The number of rotatable bonds is 9. The molecule has 0 saturated heterocycles. The van der Waals surface area contributed by atoms with Crippen molar-refractivity contribution in [1.29, 1.82) is 0 Å². The first-order chi connectivity index (χ1) is 14.0. The smallest absolute Gasteiger partial charge is 0.303 e. The van der Waals surface area contributed by atoms with Crippen LogP contribution in [-0.4, -0.2) is 21.9 Å². The van der Waals surface area contributed by atoms with Gasteiger partial charge in [0.15, 0.2) is 5.11 Å².